The lowest BCUT2D eigenvalue weighted by molar-refractivity contribution is -0.138. The maximum atomic E-state index is 13.1. The van der Waals surface area contributed by atoms with Crippen LogP contribution in [0, 0.1) is 0 Å². The van der Waals surface area contributed by atoms with E-state index in [1.54, 1.807) is 6.07 Å². The van der Waals surface area contributed by atoms with Crippen LogP contribution < -0.4 is 15.4 Å². The fourth-order valence-corrected chi connectivity index (χ4v) is 3.19. The molecule has 2 aromatic carbocycles. The highest BCUT2D eigenvalue weighted by Crippen LogP contribution is 2.36. The standard InChI is InChI=1S/C20H21F3N2O2/c1-19(2)10-13-4-6-15(8-14(13)11-24-19)25-18(26)12-5-7-17(27-3)16(9-12)20(21,22)23/h4-9,24H,10-11H2,1-3H3,(H,25,26). The summed E-state index contributed by atoms with van der Waals surface area (Å²) in [6.45, 7) is 4.91. The van der Waals surface area contributed by atoms with E-state index in [0.717, 1.165) is 31.2 Å². The number of carbonyl (C=O) groups excluding carboxylic acids is 1. The van der Waals surface area contributed by atoms with Gasteiger partial charge >= 0.3 is 6.18 Å². The maximum Gasteiger partial charge on any atom is 0.419 e. The SMILES string of the molecule is COc1ccc(C(=O)Nc2ccc3c(c2)CNC(C)(C)C3)cc1C(F)(F)F. The summed E-state index contributed by atoms with van der Waals surface area (Å²) in [5.41, 5.74) is 1.76. The summed E-state index contributed by atoms with van der Waals surface area (Å²) in [5.74, 6) is -0.922. The first-order valence-corrected chi connectivity index (χ1v) is 8.52. The van der Waals surface area contributed by atoms with Crippen LogP contribution in [0.15, 0.2) is 36.4 Å². The Kier molecular flexibility index (Phi) is 4.90. The van der Waals surface area contributed by atoms with Crippen molar-refractivity contribution in [2.24, 2.45) is 0 Å². The maximum absolute atomic E-state index is 13.1. The van der Waals surface area contributed by atoms with Crippen LogP contribution in [0.5, 0.6) is 5.75 Å². The number of ether oxygens (including phenoxy) is 1. The van der Waals surface area contributed by atoms with Crippen molar-refractivity contribution >= 4 is 11.6 Å². The van der Waals surface area contributed by atoms with Crippen molar-refractivity contribution in [1.29, 1.82) is 0 Å². The Labute approximate surface area is 155 Å². The van der Waals surface area contributed by atoms with Gasteiger partial charge in [0.15, 0.2) is 0 Å². The Morgan fingerprint density at radius 2 is 1.89 bits per heavy atom. The molecule has 0 aromatic heterocycles. The molecule has 0 unspecified atom stereocenters. The lowest BCUT2D eigenvalue weighted by atomic mass is 9.87. The van der Waals surface area contributed by atoms with E-state index in [-0.39, 0.29) is 16.9 Å². The van der Waals surface area contributed by atoms with Gasteiger partial charge in [0.1, 0.15) is 5.75 Å². The fourth-order valence-electron chi connectivity index (χ4n) is 3.19. The molecule has 144 valence electrons. The molecule has 1 aliphatic rings. The lowest BCUT2D eigenvalue weighted by Gasteiger charge is -2.33. The molecule has 27 heavy (non-hydrogen) atoms. The number of halogens is 3. The number of nitrogens with one attached hydrogen (secondary N) is 2. The zero-order valence-corrected chi connectivity index (χ0v) is 15.3. The molecule has 2 N–H and O–H groups in total. The first-order valence-electron chi connectivity index (χ1n) is 8.52. The van der Waals surface area contributed by atoms with Gasteiger partial charge in [-0.3, -0.25) is 4.79 Å². The summed E-state index contributed by atoms with van der Waals surface area (Å²) in [6, 6.07) is 8.83. The quantitative estimate of drug-likeness (QED) is 0.833. The zero-order valence-electron chi connectivity index (χ0n) is 15.3. The van der Waals surface area contributed by atoms with E-state index in [9.17, 15) is 18.0 Å². The minimum absolute atomic E-state index is 0.00878. The molecule has 7 heteroatoms. The molecule has 0 fully saturated rings. The number of rotatable bonds is 3. The molecule has 1 heterocycles. The third-order valence-corrected chi connectivity index (χ3v) is 4.62. The third-order valence-electron chi connectivity index (χ3n) is 4.62. The van der Waals surface area contributed by atoms with Crippen molar-refractivity contribution in [1.82, 2.24) is 5.32 Å². The van der Waals surface area contributed by atoms with E-state index in [0.29, 0.717) is 12.2 Å². The van der Waals surface area contributed by atoms with Crippen molar-refractivity contribution < 1.29 is 22.7 Å². The molecule has 1 aliphatic heterocycles. The second-order valence-corrected chi connectivity index (χ2v) is 7.26. The van der Waals surface area contributed by atoms with Crippen LogP contribution in [0.25, 0.3) is 0 Å². The molecular formula is C20H21F3N2O2. The van der Waals surface area contributed by atoms with Gasteiger partial charge in [-0.25, -0.2) is 0 Å². The molecule has 0 bridgehead atoms. The molecule has 0 saturated heterocycles. The molecule has 2 aromatic rings. The summed E-state index contributed by atoms with van der Waals surface area (Å²) in [6.07, 6.45) is -3.74. The number of anilines is 1. The van der Waals surface area contributed by atoms with E-state index in [2.05, 4.69) is 24.5 Å². The largest absolute Gasteiger partial charge is 0.496 e. The van der Waals surface area contributed by atoms with Crippen LogP contribution in [-0.2, 0) is 19.1 Å². The predicted octanol–water partition coefficient (Wildman–Crippen LogP) is 4.39. The van der Waals surface area contributed by atoms with E-state index >= 15 is 0 Å². The van der Waals surface area contributed by atoms with Gasteiger partial charge in [-0.1, -0.05) is 6.07 Å². The molecule has 0 atom stereocenters. The van der Waals surface area contributed by atoms with Crippen LogP contribution >= 0.6 is 0 Å². The summed E-state index contributed by atoms with van der Waals surface area (Å²) in [7, 11) is 1.16. The molecule has 3 rings (SSSR count). The second-order valence-electron chi connectivity index (χ2n) is 7.26. The van der Waals surface area contributed by atoms with Gasteiger partial charge in [-0.15, -0.1) is 0 Å². The van der Waals surface area contributed by atoms with Crippen molar-refractivity contribution in [2.75, 3.05) is 12.4 Å². The Balaban J connectivity index is 1.82. The smallest absolute Gasteiger partial charge is 0.419 e. The number of amides is 1. The zero-order chi connectivity index (χ0) is 19.8. The lowest BCUT2D eigenvalue weighted by Crippen LogP contribution is -2.44. The summed E-state index contributed by atoms with van der Waals surface area (Å²) in [5, 5.41) is 6.08. The summed E-state index contributed by atoms with van der Waals surface area (Å²) in [4.78, 5) is 12.4. The average molecular weight is 378 g/mol. The predicted molar refractivity (Wildman–Crippen MR) is 97.0 cm³/mol. The molecular weight excluding hydrogens is 357 g/mol. The third kappa shape index (κ3) is 4.24. The van der Waals surface area contributed by atoms with Gasteiger partial charge in [0.05, 0.1) is 12.7 Å². The number of hydrogen-bond donors (Lipinski definition) is 2. The Morgan fingerprint density at radius 3 is 2.56 bits per heavy atom. The molecule has 4 nitrogen and oxygen atoms in total. The van der Waals surface area contributed by atoms with Crippen LogP contribution in [0.4, 0.5) is 18.9 Å². The van der Waals surface area contributed by atoms with Crippen LogP contribution in [0.1, 0.15) is 40.9 Å². The summed E-state index contributed by atoms with van der Waals surface area (Å²) < 4.78 is 44.2. The van der Waals surface area contributed by atoms with Crippen molar-refractivity contribution in [3.8, 4) is 5.75 Å². The topological polar surface area (TPSA) is 50.4 Å². The van der Waals surface area contributed by atoms with E-state index in [1.165, 1.54) is 11.6 Å². The van der Waals surface area contributed by atoms with Crippen molar-refractivity contribution in [2.45, 2.75) is 38.5 Å². The van der Waals surface area contributed by atoms with Gasteiger partial charge < -0.3 is 15.4 Å². The summed E-state index contributed by atoms with van der Waals surface area (Å²) >= 11 is 0. The highest BCUT2D eigenvalue weighted by molar-refractivity contribution is 6.04. The first kappa shape index (κ1) is 19.2. The number of benzene rings is 2. The van der Waals surface area contributed by atoms with Gasteiger partial charge in [0, 0.05) is 23.3 Å². The monoisotopic (exact) mass is 378 g/mol. The number of methoxy groups -OCH3 is 1. The number of hydrogen-bond acceptors (Lipinski definition) is 3. The van der Waals surface area contributed by atoms with Gasteiger partial charge in [-0.2, -0.15) is 13.2 Å². The Bertz CT molecular complexity index is 876. The highest BCUT2D eigenvalue weighted by atomic mass is 19.4. The highest BCUT2D eigenvalue weighted by Gasteiger charge is 2.35. The molecule has 0 saturated carbocycles. The van der Waals surface area contributed by atoms with E-state index in [4.69, 9.17) is 4.74 Å². The number of alkyl halides is 3. The van der Waals surface area contributed by atoms with Gasteiger partial charge in [0.25, 0.3) is 5.91 Å². The van der Waals surface area contributed by atoms with Crippen molar-refractivity contribution in [3.05, 3.63) is 58.7 Å². The molecule has 0 radical (unpaired) electrons. The van der Waals surface area contributed by atoms with Crippen LogP contribution in [0.3, 0.4) is 0 Å². The average Bonchev–Trinajstić information content (AvgIpc) is 2.60. The Morgan fingerprint density at radius 1 is 1.15 bits per heavy atom. The molecule has 0 aliphatic carbocycles. The number of carbonyl (C=O) groups is 1. The van der Waals surface area contributed by atoms with E-state index < -0.39 is 17.6 Å². The molecule has 1 amide bonds. The minimum atomic E-state index is -4.61. The van der Waals surface area contributed by atoms with Gasteiger partial charge in [-0.05, 0) is 61.7 Å². The number of fused-ring (bicyclic) bond motifs is 1. The molecule has 0 spiro atoms. The second kappa shape index (κ2) is 6.88. The van der Waals surface area contributed by atoms with Gasteiger partial charge in [0.2, 0.25) is 0 Å². The normalized spacial score (nSPS) is 15.8. The Hall–Kier alpha value is -2.54. The minimum Gasteiger partial charge on any atom is -0.496 e. The van der Waals surface area contributed by atoms with Crippen LogP contribution in [0.2, 0.25) is 0 Å². The fraction of sp³-hybridized carbons (Fsp3) is 0.350. The van der Waals surface area contributed by atoms with Crippen molar-refractivity contribution in [3.63, 3.8) is 0 Å². The van der Waals surface area contributed by atoms with E-state index in [1.807, 2.05) is 12.1 Å². The van der Waals surface area contributed by atoms with Crippen LogP contribution in [-0.4, -0.2) is 18.6 Å². The first-order chi connectivity index (χ1) is 12.6.